The van der Waals surface area contributed by atoms with Gasteiger partial charge >= 0.3 is 5.69 Å². The first-order valence-corrected chi connectivity index (χ1v) is 9.98. The zero-order valence-corrected chi connectivity index (χ0v) is 16.9. The van der Waals surface area contributed by atoms with Gasteiger partial charge in [-0.3, -0.25) is 18.7 Å². The van der Waals surface area contributed by atoms with Gasteiger partial charge in [0.05, 0.1) is 5.69 Å². The first-order chi connectivity index (χ1) is 13.5. The molecule has 0 fully saturated rings. The van der Waals surface area contributed by atoms with Gasteiger partial charge in [0, 0.05) is 50.5 Å². The molecule has 0 aliphatic carbocycles. The van der Waals surface area contributed by atoms with Crippen molar-refractivity contribution < 1.29 is 4.74 Å². The molecule has 0 atom stereocenters. The fourth-order valence-corrected chi connectivity index (χ4v) is 4.29. The molecular weight excluding hydrogens is 380 g/mol. The van der Waals surface area contributed by atoms with Crippen molar-refractivity contribution in [1.29, 1.82) is 0 Å². The standard InChI is InChI=1S/C18H22N6O3S/c1-4-23-15-14(16(25)21-17(23)26)24(6-5-7-27-3)13(20-15)8-12-10-22-9-11(2)28-18(22)19-12/h9-10H,4-8H2,1-3H3,(H,21,25,26). The number of thiazole rings is 1. The number of aromatic nitrogens is 6. The van der Waals surface area contributed by atoms with Gasteiger partial charge < -0.3 is 9.30 Å². The van der Waals surface area contributed by atoms with E-state index in [2.05, 4.69) is 15.0 Å². The first-order valence-electron chi connectivity index (χ1n) is 9.17. The van der Waals surface area contributed by atoms with Crippen LogP contribution in [0.4, 0.5) is 0 Å². The summed E-state index contributed by atoms with van der Waals surface area (Å²) in [4.78, 5) is 38.6. The molecule has 4 heterocycles. The van der Waals surface area contributed by atoms with E-state index in [-0.39, 0.29) is 0 Å². The van der Waals surface area contributed by atoms with Gasteiger partial charge in [-0.1, -0.05) is 0 Å². The number of fused-ring (bicyclic) bond motifs is 2. The molecule has 4 aromatic heterocycles. The average Bonchev–Trinajstić information content (AvgIpc) is 3.27. The normalized spacial score (nSPS) is 11.8. The third kappa shape index (κ3) is 3.18. The van der Waals surface area contributed by atoms with Crippen molar-refractivity contribution in [1.82, 2.24) is 28.5 Å². The van der Waals surface area contributed by atoms with Gasteiger partial charge in [0.1, 0.15) is 5.82 Å². The molecule has 0 saturated carbocycles. The van der Waals surface area contributed by atoms with Crippen LogP contribution in [0.5, 0.6) is 0 Å². The van der Waals surface area contributed by atoms with E-state index in [0.29, 0.717) is 43.1 Å². The summed E-state index contributed by atoms with van der Waals surface area (Å²) >= 11 is 1.63. The highest BCUT2D eigenvalue weighted by Gasteiger charge is 2.19. The van der Waals surface area contributed by atoms with Crippen molar-refractivity contribution in [2.45, 2.75) is 39.8 Å². The number of aryl methyl sites for hydroxylation is 3. The van der Waals surface area contributed by atoms with Gasteiger partial charge in [-0.2, -0.15) is 0 Å². The summed E-state index contributed by atoms with van der Waals surface area (Å²) in [5.74, 6) is 0.715. The van der Waals surface area contributed by atoms with Crippen molar-refractivity contribution in [3.8, 4) is 0 Å². The van der Waals surface area contributed by atoms with Crippen LogP contribution in [-0.4, -0.2) is 42.2 Å². The number of hydrogen-bond donors (Lipinski definition) is 1. The number of rotatable bonds is 7. The Morgan fingerprint density at radius 2 is 2.04 bits per heavy atom. The predicted octanol–water partition coefficient (Wildman–Crippen LogP) is 1.55. The number of ether oxygens (including phenoxy) is 1. The molecule has 4 rings (SSSR count). The minimum atomic E-state index is -0.439. The lowest BCUT2D eigenvalue weighted by atomic mass is 10.3. The molecule has 0 aromatic carbocycles. The van der Waals surface area contributed by atoms with Crippen LogP contribution in [-0.2, 0) is 24.2 Å². The van der Waals surface area contributed by atoms with Crippen molar-refractivity contribution in [2.24, 2.45) is 0 Å². The van der Waals surface area contributed by atoms with E-state index in [1.165, 1.54) is 9.44 Å². The Hall–Kier alpha value is -2.72. The van der Waals surface area contributed by atoms with E-state index in [1.54, 1.807) is 18.4 Å². The molecule has 0 bridgehead atoms. The van der Waals surface area contributed by atoms with Crippen molar-refractivity contribution >= 4 is 27.5 Å². The lowest BCUT2D eigenvalue weighted by Gasteiger charge is -2.08. The second kappa shape index (κ2) is 7.36. The van der Waals surface area contributed by atoms with Crippen molar-refractivity contribution in [3.05, 3.63) is 49.6 Å². The van der Waals surface area contributed by atoms with Crippen molar-refractivity contribution in [2.75, 3.05) is 13.7 Å². The van der Waals surface area contributed by atoms with Crippen LogP contribution in [0, 0.1) is 6.92 Å². The van der Waals surface area contributed by atoms with Crippen LogP contribution >= 0.6 is 11.3 Å². The first kappa shape index (κ1) is 18.6. The fraction of sp³-hybridized carbons (Fsp3) is 0.444. The van der Waals surface area contributed by atoms with Crippen LogP contribution in [0.25, 0.3) is 16.1 Å². The van der Waals surface area contributed by atoms with Gasteiger partial charge in [-0.15, -0.1) is 11.3 Å². The van der Waals surface area contributed by atoms with Crippen LogP contribution < -0.4 is 11.2 Å². The third-order valence-corrected chi connectivity index (χ3v) is 5.58. The molecule has 10 heteroatoms. The Bertz CT molecular complexity index is 1230. The zero-order chi connectivity index (χ0) is 19.8. The van der Waals surface area contributed by atoms with E-state index >= 15 is 0 Å². The summed E-state index contributed by atoms with van der Waals surface area (Å²) in [6.07, 6.45) is 5.23. The van der Waals surface area contributed by atoms with E-state index in [9.17, 15) is 9.59 Å². The van der Waals surface area contributed by atoms with E-state index in [1.807, 2.05) is 35.2 Å². The largest absolute Gasteiger partial charge is 0.385 e. The van der Waals surface area contributed by atoms with Crippen molar-refractivity contribution in [3.63, 3.8) is 0 Å². The molecule has 0 aliphatic rings. The molecule has 0 spiro atoms. The molecule has 9 nitrogen and oxygen atoms in total. The van der Waals surface area contributed by atoms with Crippen LogP contribution in [0.1, 0.15) is 29.7 Å². The molecule has 0 radical (unpaired) electrons. The molecular formula is C18H22N6O3S. The number of hydrogen-bond acceptors (Lipinski definition) is 6. The predicted molar refractivity (Wildman–Crippen MR) is 107 cm³/mol. The quantitative estimate of drug-likeness (QED) is 0.473. The monoisotopic (exact) mass is 402 g/mol. The smallest absolute Gasteiger partial charge is 0.330 e. The topological polar surface area (TPSA) is 99.2 Å². The highest BCUT2D eigenvalue weighted by molar-refractivity contribution is 7.16. The SMILES string of the molecule is CCn1c(=O)[nH]c(=O)c2c1nc(Cc1cn3cc(C)sc3n1)n2CCCOC. The van der Waals surface area contributed by atoms with E-state index < -0.39 is 11.2 Å². The van der Waals surface area contributed by atoms with Gasteiger partial charge in [0.25, 0.3) is 5.56 Å². The number of aromatic amines is 1. The maximum Gasteiger partial charge on any atom is 0.330 e. The van der Waals surface area contributed by atoms with Crippen LogP contribution in [0.3, 0.4) is 0 Å². The molecule has 4 aromatic rings. The molecule has 0 aliphatic heterocycles. The molecule has 0 amide bonds. The van der Waals surface area contributed by atoms with Gasteiger partial charge in [-0.05, 0) is 20.3 Å². The summed E-state index contributed by atoms with van der Waals surface area (Å²) in [7, 11) is 1.65. The zero-order valence-electron chi connectivity index (χ0n) is 16.1. The Kier molecular flexibility index (Phi) is 4.90. The maximum atomic E-state index is 12.5. The Labute approximate surface area is 164 Å². The third-order valence-electron chi connectivity index (χ3n) is 4.67. The minimum absolute atomic E-state index is 0.415. The van der Waals surface area contributed by atoms with E-state index in [0.717, 1.165) is 17.1 Å². The second-order valence-corrected chi connectivity index (χ2v) is 7.86. The highest BCUT2D eigenvalue weighted by atomic mass is 32.1. The van der Waals surface area contributed by atoms with Crippen LogP contribution in [0.15, 0.2) is 22.0 Å². The Balaban J connectivity index is 1.83. The summed E-state index contributed by atoms with van der Waals surface area (Å²) < 4.78 is 10.5. The highest BCUT2D eigenvalue weighted by Crippen LogP contribution is 2.20. The molecule has 148 valence electrons. The molecule has 0 saturated heterocycles. The van der Waals surface area contributed by atoms with Gasteiger partial charge in [0.2, 0.25) is 0 Å². The number of imidazole rings is 2. The lowest BCUT2D eigenvalue weighted by molar-refractivity contribution is 0.190. The van der Waals surface area contributed by atoms with E-state index in [4.69, 9.17) is 4.74 Å². The minimum Gasteiger partial charge on any atom is -0.385 e. The number of methoxy groups -OCH3 is 1. The summed E-state index contributed by atoms with van der Waals surface area (Å²) in [6, 6.07) is 0. The Morgan fingerprint density at radius 1 is 1.21 bits per heavy atom. The molecule has 0 unspecified atom stereocenters. The average molecular weight is 402 g/mol. The maximum absolute atomic E-state index is 12.5. The molecule has 1 N–H and O–H groups in total. The van der Waals surface area contributed by atoms with Gasteiger partial charge in [0.15, 0.2) is 16.1 Å². The van der Waals surface area contributed by atoms with Crippen LogP contribution in [0.2, 0.25) is 0 Å². The Morgan fingerprint density at radius 3 is 2.75 bits per heavy atom. The number of nitrogens with one attached hydrogen (secondary N) is 1. The lowest BCUT2D eigenvalue weighted by Crippen LogP contribution is -2.30. The number of H-pyrrole nitrogens is 1. The molecule has 28 heavy (non-hydrogen) atoms. The summed E-state index contributed by atoms with van der Waals surface area (Å²) in [5, 5.41) is 0. The summed E-state index contributed by atoms with van der Waals surface area (Å²) in [6.45, 7) is 5.48. The fourth-order valence-electron chi connectivity index (χ4n) is 3.46. The van der Waals surface area contributed by atoms with Gasteiger partial charge in [-0.25, -0.2) is 14.8 Å². The summed E-state index contributed by atoms with van der Waals surface area (Å²) in [5.41, 5.74) is 0.856. The number of nitrogens with zero attached hydrogens (tertiary/aromatic N) is 5. The second-order valence-electron chi connectivity index (χ2n) is 6.64.